The van der Waals surface area contributed by atoms with E-state index in [9.17, 15) is 0 Å². The van der Waals surface area contributed by atoms with E-state index >= 15 is 0 Å². The molecule has 1 unspecified atom stereocenters. The summed E-state index contributed by atoms with van der Waals surface area (Å²) in [6.45, 7) is 8.79. The monoisotopic (exact) mass is 270 g/mol. The second kappa shape index (κ2) is 5.42. The molecule has 0 fully saturated rings. The van der Waals surface area contributed by atoms with Gasteiger partial charge in [0.1, 0.15) is 10.5 Å². The van der Waals surface area contributed by atoms with Gasteiger partial charge in [-0.25, -0.2) is 0 Å². The van der Waals surface area contributed by atoms with Crippen molar-refractivity contribution in [3.63, 3.8) is 0 Å². The maximum Gasteiger partial charge on any atom is 0.310 e. The van der Waals surface area contributed by atoms with Crippen LogP contribution in [0.25, 0.3) is 0 Å². The van der Waals surface area contributed by atoms with Crippen molar-refractivity contribution in [3.05, 3.63) is 30.3 Å². The van der Waals surface area contributed by atoms with Crippen molar-refractivity contribution >= 4 is 32.6 Å². The van der Waals surface area contributed by atoms with Crippen LogP contribution in [-0.4, -0.2) is 27.4 Å². The van der Waals surface area contributed by atoms with Crippen molar-refractivity contribution in [3.8, 4) is 0 Å². The van der Waals surface area contributed by atoms with Crippen LogP contribution in [0.2, 0.25) is 25.7 Å². The summed E-state index contributed by atoms with van der Waals surface area (Å²) in [7, 11) is -2.93. The molecular weight excluding hydrogens is 248 g/mol. The zero-order valence-electron chi connectivity index (χ0n) is 10.9. The van der Waals surface area contributed by atoms with E-state index < -0.39 is 16.9 Å². The molecule has 1 aromatic carbocycles. The molecule has 90 valence electrons. The first kappa shape index (κ1) is 13.9. The summed E-state index contributed by atoms with van der Waals surface area (Å²) < 4.78 is 12.0. The highest BCUT2D eigenvalue weighted by atomic mass is 28.5. The van der Waals surface area contributed by atoms with Crippen molar-refractivity contribution in [1.82, 2.24) is 0 Å². The van der Waals surface area contributed by atoms with Crippen molar-refractivity contribution in [2.24, 2.45) is 0 Å². The molecule has 0 heterocycles. The van der Waals surface area contributed by atoms with Crippen molar-refractivity contribution in [2.75, 3.05) is 0 Å². The largest absolute Gasteiger partial charge is 0.445 e. The summed E-state index contributed by atoms with van der Waals surface area (Å²) in [5.41, 5.74) is 0. The molecule has 0 bridgehead atoms. The number of hydrogen-bond acceptors (Lipinski definition) is 2. The van der Waals surface area contributed by atoms with E-state index in [4.69, 9.17) is 8.23 Å². The summed E-state index contributed by atoms with van der Waals surface area (Å²) in [5.74, 6) is 0. The van der Waals surface area contributed by atoms with Gasteiger partial charge in [0, 0.05) is 0 Å². The van der Waals surface area contributed by atoms with E-state index in [1.807, 2.05) is 0 Å². The Morgan fingerprint density at radius 3 is 2.12 bits per heavy atom. The normalized spacial score (nSPS) is 16.0. The predicted octanol–water partition coefficient (Wildman–Crippen LogP) is 1.50. The molecular formula is C11H22O2Si3. The zero-order valence-corrected chi connectivity index (χ0v) is 14.9. The van der Waals surface area contributed by atoms with Gasteiger partial charge in [-0.3, -0.25) is 0 Å². The Kier molecular flexibility index (Phi) is 4.69. The van der Waals surface area contributed by atoms with Gasteiger partial charge in [-0.1, -0.05) is 37.3 Å². The standard InChI is InChI=1S/C11H22O2Si3/c1-5-16(4,13-15(2,3)12-14)11-9-7-6-8-10-11/h6-10H,5H2,1-4,14H3. The van der Waals surface area contributed by atoms with Crippen LogP contribution in [0.3, 0.4) is 0 Å². The van der Waals surface area contributed by atoms with Gasteiger partial charge in [0.15, 0.2) is 0 Å². The fourth-order valence-electron chi connectivity index (χ4n) is 1.71. The average Bonchev–Trinajstić information content (AvgIpc) is 2.29. The van der Waals surface area contributed by atoms with Gasteiger partial charge in [0.25, 0.3) is 0 Å². The maximum absolute atomic E-state index is 6.40. The minimum Gasteiger partial charge on any atom is -0.445 e. The number of hydrogen-bond donors (Lipinski definition) is 0. The Morgan fingerprint density at radius 2 is 1.69 bits per heavy atom. The quantitative estimate of drug-likeness (QED) is 0.755. The summed E-state index contributed by atoms with van der Waals surface area (Å²) in [5, 5.41) is 1.37. The second-order valence-corrected chi connectivity index (χ2v) is 13.7. The highest BCUT2D eigenvalue weighted by Crippen LogP contribution is 2.18. The number of benzene rings is 1. The fraction of sp³-hybridized carbons (Fsp3) is 0.455. The molecule has 0 aliphatic heterocycles. The molecule has 0 aliphatic carbocycles. The third-order valence-electron chi connectivity index (χ3n) is 3.02. The van der Waals surface area contributed by atoms with Crippen molar-refractivity contribution in [2.45, 2.75) is 32.6 Å². The van der Waals surface area contributed by atoms with Gasteiger partial charge >= 0.3 is 8.56 Å². The van der Waals surface area contributed by atoms with E-state index in [0.29, 0.717) is 0 Å². The molecule has 0 spiro atoms. The zero-order chi connectivity index (χ0) is 12.2. The smallest absolute Gasteiger partial charge is 0.310 e. The van der Waals surface area contributed by atoms with E-state index in [0.717, 1.165) is 16.5 Å². The average molecular weight is 271 g/mol. The topological polar surface area (TPSA) is 18.5 Å². The van der Waals surface area contributed by atoms with Crippen LogP contribution >= 0.6 is 0 Å². The van der Waals surface area contributed by atoms with Crippen LogP contribution in [0.4, 0.5) is 0 Å². The SMILES string of the molecule is CC[Si](C)(O[Si](C)(C)O[SiH3])c1ccccc1. The second-order valence-electron chi connectivity index (χ2n) is 4.66. The first-order chi connectivity index (χ1) is 7.43. The lowest BCUT2D eigenvalue weighted by Crippen LogP contribution is -2.55. The molecule has 1 atom stereocenters. The first-order valence-electron chi connectivity index (χ1n) is 5.74. The molecule has 0 radical (unpaired) electrons. The van der Waals surface area contributed by atoms with E-state index in [1.165, 1.54) is 5.19 Å². The van der Waals surface area contributed by atoms with Crippen LogP contribution in [0.15, 0.2) is 30.3 Å². The number of rotatable bonds is 5. The maximum atomic E-state index is 6.40. The van der Waals surface area contributed by atoms with Crippen LogP contribution in [0.1, 0.15) is 6.92 Å². The van der Waals surface area contributed by atoms with Gasteiger partial charge < -0.3 is 8.23 Å². The lowest BCUT2D eigenvalue weighted by atomic mass is 10.4. The van der Waals surface area contributed by atoms with Gasteiger partial charge in [-0.05, 0) is 30.9 Å². The fourth-order valence-corrected chi connectivity index (χ4v) is 9.49. The lowest BCUT2D eigenvalue weighted by Gasteiger charge is -2.35. The summed E-state index contributed by atoms with van der Waals surface area (Å²) >= 11 is 0. The van der Waals surface area contributed by atoms with E-state index in [2.05, 4.69) is 56.9 Å². The Hall–Kier alpha value is -0.209. The third kappa shape index (κ3) is 3.39. The van der Waals surface area contributed by atoms with Gasteiger partial charge in [-0.15, -0.1) is 0 Å². The molecule has 0 saturated heterocycles. The summed E-state index contributed by atoms with van der Waals surface area (Å²) in [4.78, 5) is 0. The van der Waals surface area contributed by atoms with Crippen LogP contribution in [0, 0.1) is 0 Å². The van der Waals surface area contributed by atoms with Gasteiger partial charge in [0.05, 0.1) is 0 Å². The molecule has 0 saturated carbocycles. The first-order valence-corrected chi connectivity index (χ1v) is 12.0. The highest BCUT2D eigenvalue weighted by Gasteiger charge is 2.37. The van der Waals surface area contributed by atoms with E-state index in [-0.39, 0.29) is 0 Å². The molecule has 0 N–H and O–H groups in total. The van der Waals surface area contributed by atoms with Crippen molar-refractivity contribution in [1.29, 1.82) is 0 Å². The Bertz CT molecular complexity index is 329. The molecule has 0 aromatic heterocycles. The molecule has 5 heteroatoms. The highest BCUT2D eigenvalue weighted by molar-refractivity contribution is 6.92. The minimum absolute atomic E-state index is 0.765. The predicted molar refractivity (Wildman–Crippen MR) is 77.8 cm³/mol. The molecule has 1 rings (SSSR count). The van der Waals surface area contributed by atoms with Crippen LogP contribution in [0.5, 0.6) is 0 Å². The minimum atomic E-state index is -1.89. The van der Waals surface area contributed by atoms with Gasteiger partial charge in [0.2, 0.25) is 8.32 Å². The van der Waals surface area contributed by atoms with E-state index in [1.54, 1.807) is 0 Å². The summed E-state index contributed by atoms with van der Waals surface area (Å²) in [6, 6.07) is 11.7. The lowest BCUT2D eigenvalue weighted by molar-refractivity contribution is 0.418. The Labute approximate surface area is 104 Å². The van der Waals surface area contributed by atoms with Gasteiger partial charge in [-0.2, -0.15) is 0 Å². The summed E-state index contributed by atoms with van der Waals surface area (Å²) in [6.07, 6.45) is 0. The molecule has 2 nitrogen and oxygen atoms in total. The molecule has 0 aliphatic rings. The van der Waals surface area contributed by atoms with Crippen LogP contribution in [-0.2, 0) is 8.23 Å². The van der Waals surface area contributed by atoms with Crippen LogP contribution < -0.4 is 5.19 Å². The molecule has 1 aromatic rings. The Balaban J connectivity index is 2.95. The van der Waals surface area contributed by atoms with Crippen molar-refractivity contribution < 1.29 is 8.23 Å². The molecule has 0 amide bonds. The third-order valence-corrected chi connectivity index (χ3v) is 13.6. The Morgan fingerprint density at radius 1 is 1.12 bits per heavy atom. The molecule has 16 heavy (non-hydrogen) atoms.